The lowest BCUT2D eigenvalue weighted by Gasteiger charge is -2.10. The zero-order valence-electron chi connectivity index (χ0n) is 14.0. The molecule has 0 saturated heterocycles. The second-order valence-corrected chi connectivity index (χ2v) is 6.78. The van der Waals surface area contributed by atoms with Crippen LogP contribution in [0, 0.1) is 13.8 Å². The Morgan fingerprint density at radius 2 is 1.72 bits per heavy atom. The molecule has 1 heterocycles. The molecule has 3 aromatic rings. The third-order valence-corrected chi connectivity index (χ3v) is 4.27. The molecule has 5 heteroatoms. The molecule has 0 aliphatic rings. The Hall–Kier alpha value is -2.66. The van der Waals surface area contributed by atoms with E-state index in [-0.39, 0.29) is 5.91 Å². The molecule has 2 aromatic carbocycles. The Bertz CT molecular complexity index is 907. The van der Waals surface area contributed by atoms with Crippen molar-refractivity contribution in [2.24, 2.45) is 0 Å². The molecule has 4 nitrogen and oxygen atoms in total. The van der Waals surface area contributed by atoms with E-state index in [9.17, 15) is 4.79 Å². The second-order valence-electron chi connectivity index (χ2n) is 5.87. The first-order valence-electron chi connectivity index (χ1n) is 7.87. The smallest absolute Gasteiger partial charge is 0.257 e. The third-order valence-electron chi connectivity index (χ3n) is 3.78. The number of halogens is 1. The topological polar surface area (TPSA) is 54.0 Å². The van der Waals surface area contributed by atoms with Crippen molar-refractivity contribution in [3.05, 3.63) is 82.1 Å². The van der Waals surface area contributed by atoms with Gasteiger partial charge in [0.2, 0.25) is 0 Å². The third kappa shape index (κ3) is 4.45. The highest BCUT2D eigenvalue weighted by Gasteiger charge is 2.09. The first kappa shape index (κ1) is 17.2. The maximum atomic E-state index is 12.5. The monoisotopic (exact) mass is 395 g/mol. The number of carbonyl (C=O) groups is 1. The minimum atomic E-state index is -0.189. The first-order chi connectivity index (χ1) is 12.0. The fourth-order valence-electron chi connectivity index (χ4n) is 2.40. The predicted molar refractivity (Wildman–Crippen MR) is 106 cm³/mol. The molecule has 126 valence electrons. The fraction of sp³-hybridized carbons (Fsp3) is 0.100. The molecule has 0 aliphatic heterocycles. The number of nitrogens with zero attached hydrogens (tertiary/aromatic N) is 1. The van der Waals surface area contributed by atoms with Gasteiger partial charge in [0.15, 0.2) is 0 Å². The molecule has 0 atom stereocenters. The van der Waals surface area contributed by atoms with Gasteiger partial charge in [-0.25, -0.2) is 0 Å². The molecular formula is C20H18BrN3O. The van der Waals surface area contributed by atoms with E-state index in [1.165, 1.54) is 5.56 Å². The number of benzene rings is 2. The molecule has 1 aromatic heterocycles. The number of carbonyl (C=O) groups excluding carboxylic acids is 1. The van der Waals surface area contributed by atoms with E-state index in [1.807, 2.05) is 56.3 Å². The Morgan fingerprint density at radius 1 is 0.960 bits per heavy atom. The van der Waals surface area contributed by atoms with Crippen molar-refractivity contribution in [1.29, 1.82) is 0 Å². The summed E-state index contributed by atoms with van der Waals surface area (Å²) in [7, 11) is 0. The molecule has 1 amide bonds. The number of aryl methyl sites for hydroxylation is 2. The number of amides is 1. The summed E-state index contributed by atoms with van der Waals surface area (Å²) in [5, 5.41) is 6.19. The quantitative estimate of drug-likeness (QED) is 0.616. The number of rotatable bonds is 4. The summed E-state index contributed by atoms with van der Waals surface area (Å²) >= 11 is 3.42. The van der Waals surface area contributed by atoms with Crippen LogP contribution >= 0.6 is 15.9 Å². The van der Waals surface area contributed by atoms with Crippen molar-refractivity contribution in [1.82, 2.24) is 4.98 Å². The van der Waals surface area contributed by atoms with Crippen LogP contribution in [0.25, 0.3) is 0 Å². The summed E-state index contributed by atoms with van der Waals surface area (Å²) in [6.07, 6.45) is 3.26. The van der Waals surface area contributed by atoms with E-state index in [4.69, 9.17) is 0 Å². The standard InChI is InChI=1S/C20H18BrN3O/c1-13-3-6-17(7-4-13)23-18-10-15(11-22-12-18)20(25)24-19-8-5-16(21)9-14(19)2/h3-12,23H,1-2H3,(H,24,25). The minimum absolute atomic E-state index is 0.189. The Balaban J connectivity index is 1.76. The summed E-state index contributed by atoms with van der Waals surface area (Å²) in [6, 6.07) is 15.6. The zero-order valence-corrected chi connectivity index (χ0v) is 15.6. The van der Waals surface area contributed by atoms with Crippen LogP contribution in [0.3, 0.4) is 0 Å². The van der Waals surface area contributed by atoms with E-state index in [0.717, 1.165) is 27.1 Å². The zero-order chi connectivity index (χ0) is 17.8. The summed E-state index contributed by atoms with van der Waals surface area (Å²) in [4.78, 5) is 16.7. The van der Waals surface area contributed by atoms with E-state index in [1.54, 1.807) is 18.5 Å². The van der Waals surface area contributed by atoms with Gasteiger partial charge in [0, 0.05) is 22.0 Å². The largest absolute Gasteiger partial charge is 0.354 e. The van der Waals surface area contributed by atoms with Crippen molar-refractivity contribution in [2.45, 2.75) is 13.8 Å². The Labute approximate surface area is 155 Å². The molecule has 0 aliphatic carbocycles. The van der Waals surface area contributed by atoms with Crippen molar-refractivity contribution in [3.8, 4) is 0 Å². The van der Waals surface area contributed by atoms with E-state index in [0.29, 0.717) is 5.56 Å². The number of pyridine rings is 1. The van der Waals surface area contributed by atoms with Crippen molar-refractivity contribution >= 4 is 38.9 Å². The van der Waals surface area contributed by atoms with Crippen LogP contribution < -0.4 is 10.6 Å². The van der Waals surface area contributed by atoms with Gasteiger partial charge >= 0.3 is 0 Å². The van der Waals surface area contributed by atoms with Gasteiger partial charge in [0.1, 0.15) is 0 Å². The van der Waals surface area contributed by atoms with Gasteiger partial charge < -0.3 is 10.6 Å². The van der Waals surface area contributed by atoms with Gasteiger partial charge in [0.25, 0.3) is 5.91 Å². The number of nitrogens with one attached hydrogen (secondary N) is 2. The van der Waals surface area contributed by atoms with Gasteiger partial charge in [-0.3, -0.25) is 9.78 Å². The first-order valence-corrected chi connectivity index (χ1v) is 8.67. The van der Waals surface area contributed by atoms with Crippen molar-refractivity contribution in [3.63, 3.8) is 0 Å². The van der Waals surface area contributed by atoms with Gasteiger partial charge in [-0.1, -0.05) is 33.6 Å². The SMILES string of the molecule is Cc1ccc(Nc2cncc(C(=O)Nc3ccc(Br)cc3C)c2)cc1. The molecule has 0 saturated carbocycles. The van der Waals surface area contributed by atoms with Crippen LogP contribution in [0.2, 0.25) is 0 Å². The van der Waals surface area contributed by atoms with Gasteiger partial charge in [-0.2, -0.15) is 0 Å². The van der Waals surface area contributed by atoms with Crippen LogP contribution in [0.4, 0.5) is 17.1 Å². The molecule has 0 fully saturated rings. The summed E-state index contributed by atoms with van der Waals surface area (Å²) < 4.78 is 0.981. The van der Waals surface area contributed by atoms with E-state index < -0.39 is 0 Å². The highest BCUT2D eigenvalue weighted by molar-refractivity contribution is 9.10. The fourth-order valence-corrected chi connectivity index (χ4v) is 2.87. The molecular weight excluding hydrogens is 378 g/mol. The molecule has 3 rings (SSSR count). The predicted octanol–water partition coefficient (Wildman–Crippen LogP) is 5.46. The van der Waals surface area contributed by atoms with Crippen LogP contribution in [0.15, 0.2) is 65.4 Å². The lowest BCUT2D eigenvalue weighted by molar-refractivity contribution is 0.102. The molecule has 0 unspecified atom stereocenters. The van der Waals surface area contributed by atoms with Crippen molar-refractivity contribution < 1.29 is 4.79 Å². The van der Waals surface area contributed by atoms with Crippen LogP contribution in [-0.4, -0.2) is 10.9 Å². The maximum Gasteiger partial charge on any atom is 0.257 e. The number of aromatic nitrogens is 1. The van der Waals surface area contributed by atoms with E-state index in [2.05, 4.69) is 31.5 Å². The summed E-state index contributed by atoms with van der Waals surface area (Å²) in [5.74, 6) is -0.189. The van der Waals surface area contributed by atoms with Crippen LogP contribution in [0.5, 0.6) is 0 Å². The lowest BCUT2D eigenvalue weighted by Crippen LogP contribution is -2.13. The minimum Gasteiger partial charge on any atom is -0.354 e. The Morgan fingerprint density at radius 3 is 2.44 bits per heavy atom. The Kier molecular flexibility index (Phi) is 5.14. The highest BCUT2D eigenvalue weighted by atomic mass is 79.9. The lowest BCUT2D eigenvalue weighted by atomic mass is 10.2. The number of hydrogen-bond donors (Lipinski definition) is 2. The average molecular weight is 396 g/mol. The average Bonchev–Trinajstić information content (AvgIpc) is 2.60. The summed E-state index contributed by atoms with van der Waals surface area (Å²) in [6.45, 7) is 3.99. The van der Waals surface area contributed by atoms with Crippen LogP contribution in [-0.2, 0) is 0 Å². The van der Waals surface area contributed by atoms with E-state index >= 15 is 0 Å². The molecule has 25 heavy (non-hydrogen) atoms. The number of anilines is 3. The molecule has 0 radical (unpaired) electrons. The van der Waals surface area contributed by atoms with Crippen molar-refractivity contribution in [2.75, 3.05) is 10.6 Å². The highest BCUT2D eigenvalue weighted by Crippen LogP contribution is 2.22. The van der Waals surface area contributed by atoms with Gasteiger partial charge in [0.05, 0.1) is 17.4 Å². The molecule has 2 N–H and O–H groups in total. The van der Waals surface area contributed by atoms with Gasteiger partial charge in [-0.05, 0) is 55.8 Å². The van der Waals surface area contributed by atoms with Gasteiger partial charge in [-0.15, -0.1) is 0 Å². The summed E-state index contributed by atoms with van der Waals surface area (Å²) in [5.41, 5.74) is 5.19. The van der Waals surface area contributed by atoms with Crippen LogP contribution in [0.1, 0.15) is 21.5 Å². The molecule has 0 spiro atoms. The maximum absolute atomic E-state index is 12.5. The number of hydrogen-bond acceptors (Lipinski definition) is 3. The second kappa shape index (κ2) is 7.49. The normalized spacial score (nSPS) is 10.4. The molecule has 0 bridgehead atoms.